The van der Waals surface area contributed by atoms with E-state index < -0.39 is 21.9 Å². The molecule has 0 spiro atoms. The number of rotatable bonds is 4. The highest BCUT2D eigenvalue weighted by Gasteiger charge is 2.23. The molecule has 1 atom stereocenters. The number of nitrogens with zero attached hydrogens (tertiary/aromatic N) is 1. The maximum absolute atomic E-state index is 13.1. The molecule has 0 aromatic heterocycles. The van der Waals surface area contributed by atoms with E-state index in [9.17, 15) is 12.8 Å². The van der Waals surface area contributed by atoms with Gasteiger partial charge in [-0.15, -0.1) is 0 Å². The fourth-order valence-corrected chi connectivity index (χ4v) is 2.95. The Kier molecular flexibility index (Phi) is 4.43. The largest absolute Gasteiger partial charge is 0.242 e. The second kappa shape index (κ2) is 5.46. The highest BCUT2D eigenvalue weighted by molar-refractivity contribution is 7.89. The molecule has 0 aliphatic rings. The van der Waals surface area contributed by atoms with Gasteiger partial charge in [-0.1, -0.05) is 19.9 Å². The van der Waals surface area contributed by atoms with E-state index in [4.69, 9.17) is 5.26 Å². The summed E-state index contributed by atoms with van der Waals surface area (Å²) in [6, 6.07) is 4.58. The van der Waals surface area contributed by atoms with Gasteiger partial charge in [0.05, 0.1) is 11.0 Å². The van der Waals surface area contributed by atoms with Gasteiger partial charge in [-0.25, -0.2) is 12.8 Å². The van der Waals surface area contributed by atoms with E-state index in [1.54, 1.807) is 20.8 Å². The molecule has 18 heavy (non-hydrogen) atoms. The van der Waals surface area contributed by atoms with Crippen molar-refractivity contribution in [2.45, 2.75) is 31.7 Å². The van der Waals surface area contributed by atoms with Gasteiger partial charge in [-0.05, 0) is 30.5 Å². The van der Waals surface area contributed by atoms with Gasteiger partial charge in [0, 0.05) is 0 Å². The number of hydrogen-bond donors (Lipinski definition) is 1. The minimum absolute atomic E-state index is 0.136. The summed E-state index contributed by atoms with van der Waals surface area (Å²) in [6.45, 7) is 5.04. The minimum Gasteiger partial charge on any atom is -0.207 e. The van der Waals surface area contributed by atoms with Gasteiger partial charge in [0.15, 0.2) is 0 Å². The first-order chi connectivity index (χ1) is 8.27. The van der Waals surface area contributed by atoms with Gasteiger partial charge in [0.1, 0.15) is 11.9 Å². The number of aryl methyl sites for hydroxylation is 1. The van der Waals surface area contributed by atoms with Crippen LogP contribution in [0.4, 0.5) is 4.39 Å². The van der Waals surface area contributed by atoms with Gasteiger partial charge in [0.2, 0.25) is 10.0 Å². The number of halogens is 1. The number of sulfonamides is 1. The molecule has 4 nitrogen and oxygen atoms in total. The summed E-state index contributed by atoms with van der Waals surface area (Å²) in [7, 11) is -3.88. The van der Waals surface area contributed by atoms with Crippen LogP contribution in [0.15, 0.2) is 23.1 Å². The monoisotopic (exact) mass is 270 g/mol. The Morgan fingerprint density at radius 3 is 2.50 bits per heavy atom. The van der Waals surface area contributed by atoms with Gasteiger partial charge in [0.25, 0.3) is 0 Å². The Bertz CT molecular complexity index is 576. The first-order valence-electron chi connectivity index (χ1n) is 5.46. The molecule has 0 aliphatic heterocycles. The molecule has 1 aromatic carbocycles. The van der Waals surface area contributed by atoms with Crippen molar-refractivity contribution in [1.82, 2.24) is 4.72 Å². The highest BCUT2D eigenvalue weighted by atomic mass is 32.2. The predicted octanol–water partition coefficient (Wildman–Crippen LogP) is 1.96. The lowest BCUT2D eigenvalue weighted by Gasteiger charge is -2.16. The number of hydrogen-bond acceptors (Lipinski definition) is 3. The van der Waals surface area contributed by atoms with E-state index in [2.05, 4.69) is 4.72 Å². The van der Waals surface area contributed by atoms with Crippen molar-refractivity contribution in [2.75, 3.05) is 0 Å². The van der Waals surface area contributed by atoms with E-state index >= 15 is 0 Å². The lowest BCUT2D eigenvalue weighted by atomic mass is 10.1. The Hall–Kier alpha value is -1.45. The first-order valence-corrected chi connectivity index (χ1v) is 6.94. The van der Waals surface area contributed by atoms with Crippen LogP contribution in [0.1, 0.15) is 19.4 Å². The van der Waals surface area contributed by atoms with E-state index in [0.717, 1.165) is 6.07 Å². The predicted molar refractivity (Wildman–Crippen MR) is 65.7 cm³/mol. The van der Waals surface area contributed by atoms with Crippen molar-refractivity contribution in [3.8, 4) is 6.07 Å². The van der Waals surface area contributed by atoms with Gasteiger partial charge < -0.3 is 0 Å². The summed E-state index contributed by atoms with van der Waals surface area (Å²) in [5.41, 5.74) is 0.435. The van der Waals surface area contributed by atoms with Crippen LogP contribution in [-0.2, 0) is 10.0 Å². The standard InChI is InChI=1S/C12H15FN2O2S/c1-8(2)11(7-14)15-18(16,17)12-6-10(13)5-4-9(12)3/h4-6,8,11,15H,1-3H3. The average molecular weight is 270 g/mol. The molecule has 0 saturated carbocycles. The Morgan fingerprint density at radius 1 is 1.39 bits per heavy atom. The zero-order valence-electron chi connectivity index (χ0n) is 10.4. The molecular formula is C12H15FN2O2S. The molecule has 6 heteroatoms. The lowest BCUT2D eigenvalue weighted by Crippen LogP contribution is -2.37. The van der Waals surface area contributed by atoms with Crippen LogP contribution < -0.4 is 4.72 Å². The molecule has 0 amide bonds. The number of nitriles is 1. The molecular weight excluding hydrogens is 255 g/mol. The van der Waals surface area contributed by atoms with E-state index in [1.807, 2.05) is 6.07 Å². The smallest absolute Gasteiger partial charge is 0.207 e. The Labute approximate surface area is 106 Å². The van der Waals surface area contributed by atoms with Crippen LogP contribution in [0.2, 0.25) is 0 Å². The molecule has 1 N–H and O–H groups in total. The maximum Gasteiger partial charge on any atom is 0.242 e. The lowest BCUT2D eigenvalue weighted by molar-refractivity contribution is 0.514. The molecule has 0 saturated heterocycles. The van der Waals surface area contributed by atoms with Crippen molar-refractivity contribution in [2.24, 2.45) is 5.92 Å². The highest BCUT2D eigenvalue weighted by Crippen LogP contribution is 2.17. The average Bonchev–Trinajstić information content (AvgIpc) is 2.28. The van der Waals surface area contributed by atoms with Crippen LogP contribution >= 0.6 is 0 Å². The Balaban J connectivity index is 3.15. The normalized spacial score (nSPS) is 13.3. The molecule has 1 unspecified atom stereocenters. The van der Waals surface area contributed by atoms with Crippen molar-refractivity contribution in [3.05, 3.63) is 29.6 Å². The van der Waals surface area contributed by atoms with Crippen LogP contribution in [0.3, 0.4) is 0 Å². The van der Waals surface area contributed by atoms with Crippen molar-refractivity contribution in [3.63, 3.8) is 0 Å². The van der Waals surface area contributed by atoms with Crippen LogP contribution in [0.5, 0.6) is 0 Å². The quantitative estimate of drug-likeness (QED) is 0.909. The van der Waals surface area contributed by atoms with Crippen molar-refractivity contribution < 1.29 is 12.8 Å². The van der Waals surface area contributed by atoms with Gasteiger partial charge in [-0.2, -0.15) is 9.98 Å². The minimum atomic E-state index is -3.88. The van der Waals surface area contributed by atoms with E-state index in [1.165, 1.54) is 12.1 Å². The molecule has 0 bridgehead atoms. The summed E-state index contributed by atoms with van der Waals surface area (Å²) in [6.07, 6.45) is 0. The summed E-state index contributed by atoms with van der Waals surface area (Å²) in [5, 5.41) is 8.88. The summed E-state index contributed by atoms with van der Waals surface area (Å²) >= 11 is 0. The third-order valence-corrected chi connectivity index (χ3v) is 4.11. The molecule has 98 valence electrons. The van der Waals surface area contributed by atoms with Crippen LogP contribution in [0.25, 0.3) is 0 Å². The molecule has 1 rings (SSSR count). The summed E-state index contributed by atoms with van der Waals surface area (Å²) in [4.78, 5) is -0.136. The van der Waals surface area contributed by atoms with Gasteiger partial charge in [-0.3, -0.25) is 0 Å². The Morgan fingerprint density at radius 2 is 2.00 bits per heavy atom. The second-order valence-corrected chi connectivity index (χ2v) is 6.06. The van der Waals surface area contributed by atoms with Gasteiger partial charge >= 0.3 is 0 Å². The van der Waals surface area contributed by atoms with Crippen molar-refractivity contribution in [1.29, 1.82) is 5.26 Å². The zero-order valence-corrected chi connectivity index (χ0v) is 11.3. The second-order valence-electron chi connectivity index (χ2n) is 4.38. The topological polar surface area (TPSA) is 70.0 Å². The fourth-order valence-electron chi connectivity index (χ4n) is 1.41. The molecule has 0 aliphatic carbocycles. The van der Waals surface area contributed by atoms with Crippen LogP contribution in [-0.4, -0.2) is 14.5 Å². The molecule has 1 aromatic rings. The third kappa shape index (κ3) is 3.28. The SMILES string of the molecule is Cc1ccc(F)cc1S(=O)(=O)NC(C#N)C(C)C. The molecule has 0 fully saturated rings. The maximum atomic E-state index is 13.1. The zero-order chi connectivity index (χ0) is 13.9. The van der Waals surface area contributed by atoms with Crippen molar-refractivity contribution >= 4 is 10.0 Å². The van der Waals surface area contributed by atoms with Crippen LogP contribution in [0, 0.1) is 30.0 Å². The summed E-state index contributed by atoms with van der Waals surface area (Å²) in [5.74, 6) is -0.794. The summed E-state index contributed by atoms with van der Waals surface area (Å²) < 4.78 is 39.5. The third-order valence-electron chi connectivity index (χ3n) is 2.53. The van der Waals surface area contributed by atoms with E-state index in [-0.39, 0.29) is 10.8 Å². The molecule has 0 radical (unpaired) electrons. The fraction of sp³-hybridized carbons (Fsp3) is 0.417. The first kappa shape index (κ1) is 14.6. The number of benzene rings is 1. The number of nitrogens with one attached hydrogen (secondary N) is 1. The van der Waals surface area contributed by atoms with E-state index in [0.29, 0.717) is 5.56 Å². The molecule has 0 heterocycles.